The summed E-state index contributed by atoms with van der Waals surface area (Å²) in [4.78, 5) is 18.3. The molecule has 2 heterocycles. The fourth-order valence-corrected chi connectivity index (χ4v) is 5.84. The Bertz CT molecular complexity index is 1340. The van der Waals surface area contributed by atoms with E-state index in [1.54, 1.807) is 24.4 Å². The fraction of sp³-hybridized carbons (Fsp3) is 0.467. The number of benzene rings is 2. The van der Waals surface area contributed by atoms with Gasteiger partial charge in [0.05, 0.1) is 19.0 Å². The number of ether oxygens (including phenoxy) is 1. The summed E-state index contributed by atoms with van der Waals surface area (Å²) in [5.41, 5.74) is 7.06. The number of likely N-dealkylation sites (tertiary alicyclic amines) is 1. The van der Waals surface area contributed by atoms with Crippen molar-refractivity contribution in [3.63, 3.8) is 0 Å². The van der Waals surface area contributed by atoms with Crippen molar-refractivity contribution in [2.75, 3.05) is 26.7 Å². The lowest BCUT2D eigenvalue weighted by Crippen LogP contribution is -2.41. The van der Waals surface area contributed by atoms with E-state index >= 15 is 4.39 Å². The van der Waals surface area contributed by atoms with Crippen LogP contribution in [-0.4, -0.2) is 47.7 Å². The molecule has 10 heteroatoms. The SMILES string of the molecule is COc1ccc2ncc(CN)c(C(F)CCC3(CC(=O)O)CCN(CCCc4cc(F)cc(F)c4F)CC3)c2c1. The minimum Gasteiger partial charge on any atom is -0.497 e. The monoisotopic (exact) mass is 561 g/mol. The van der Waals surface area contributed by atoms with Gasteiger partial charge in [-0.25, -0.2) is 17.6 Å². The maximum Gasteiger partial charge on any atom is 0.303 e. The topological polar surface area (TPSA) is 88.7 Å². The summed E-state index contributed by atoms with van der Waals surface area (Å²) in [6.45, 7) is 1.91. The Morgan fingerprint density at radius 1 is 1.18 bits per heavy atom. The number of rotatable bonds is 12. The Morgan fingerprint density at radius 2 is 1.93 bits per heavy atom. The van der Waals surface area contributed by atoms with Gasteiger partial charge in [-0.2, -0.15) is 0 Å². The average molecular weight is 562 g/mol. The van der Waals surface area contributed by atoms with Gasteiger partial charge in [0.15, 0.2) is 11.6 Å². The highest BCUT2D eigenvalue weighted by atomic mass is 19.2. The molecule has 3 N–H and O–H groups in total. The molecule has 1 saturated heterocycles. The van der Waals surface area contributed by atoms with E-state index in [4.69, 9.17) is 10.5 Å². The molecule has 1 aromatic heterocycles. The highest BCUT2D eigenvalue weighted by Crippen LogP contribution is 2.43. The zero-order chi connectivity index (χ0) is 28.9. The molecule has 1 atom stereocenters. The zero-order valence-electron chi connectivity index (χ0n) is 22.6. The molecule has 3 aromatic rings. The molecule has 0 spiro atoms. The molecule has 216 valence electrons. The Hall–Kier alpha value is -3.24. The quantitative estimate of drug-likeness (QED) is 0.205. The number of carboxylic acid groups (broad SMARTS) is 1. The van der Waals surface area contributed by atoms with Gasteiger partial charge in [0, 0.05) is 29.8 Å². The van der Waals surface area contributed by atoms with Crippen LogP contribution in [0, 0.1) is 22.9 Å². The van der Waals surface area contributed by atoms with Crippen LogP contribution in [0.25, 0.3) is 10.9 Å². The van der Waals surface area contributed by atoms with Gasteiger partial charge in [-0.15, -0.1) is 0 Å². The van der Waals surface area contributed by atoms with E-state index in [9.17, 15) is 23.1 Å². The third-order valence-corrected chi connectivity index (χ3v) is 8.09. The number of hydrogen-bond donors (Lipinski definition) is 2. The number of piperidine rings is 1. The lowest BCUT2D eigenvalue weighted by Gasteiger charge is -2.41. The number of alkyl halides is 1. The van der Waals surface area contributed by atoms with E-state index in [1.807, 2.05) is 0 Å². The van der Waals surface area contributed by atoms with E-state index in [2.05, 4.69) is 9.88 Å². The minimum atomic E-state index is -1.36. The second kappa shape index (κ2) is 13.0. The maximum absolute atomic E-state index is 15.9. The number of nitrogens with two attached hydrogens (primary N) is 1. The molecule has 1 aliphatic rings. The molecule has 1 fully saturated rings. The van der Waals surface area contributed by atoms with Crippen molar-refractivity contribution in [2.24, 2.45) is 11.1 Å². The first-order valence-electron chi connectivity index (χ1n) is 13.5. The number of carboxylic acids is 1. The number of methoxy groups -OCH3 is 1. The molecule has 0 saturated carbocycles. The number of halogens is 4. The smallest absolute Gasteiger partial charge is 0.303 e. The molecule has 1 aliphatic heterocycles. The van der Waals surface area contributed by atoms with Crippen LogP contribution in [0.3, 0.4) is 0 Å². The van der Waals surface area contributed by atoms with Crippen LogP contribution >= 0.6 is 0 Å². The number of carbonyl (C=O) groups is 1. The highest BCUT2D eigenvalue weighted by molar-refractivity contribution is 5.85. The summed E-state index contributed by atoms with van der Waals surface area (Å²) in [5, 5.41) is 10.3. The first-order valence-corrected chi connectivity index (χ1v) is 13.5. The van der Waals surface area contributed by atoms with E-state index in [1.165, 1.54) is 7.11 Å². The molecule has 0 radical (unpaired) electrons. The fourth-order valence-electron chi connectivity index (χ4n) is 5.84. The van der Waals surface area contributed by atoms with E-state index < -0.39 is 35.0 Å². The van der Waals surface area contributed by atoms with Gasteiger partial charge in [-0.05, 0) is 99.0 Å². The van der Waals surface area contributed by atoms with Crippen molar-refractivity contribution >= 4 is 16.9 Å². The van der Waals surface area contributed by atoms with Crippen LogP contribution in [0.15, 0.2) is 36.5 Å². The lowest BCUT2D eigenvalue weighted by atomic mass is 9.71. The molecule has 1 unspecified atom stereocenters. The van der Waals surface area contributed by atoms with Crippen molar-refractivity contribution in [2.45, 2.75) is 57.7 Å². The second-order valence-corrected chi connectivity index (χ2v) is 10.7. The normalized spacial score (nSPS) is 16.2. The molecule has 40 heavy (non-hydrogen) atoms. The Labute approximate surface area is 231 Å². The lowest BCUT2D eigenvalue weighted by molar-refractivity contribution is -0.141. The maximum atomic E-state index is 15.9. The van der Waals surface area contributed by atoms with Crippen LogP contribution in [0.1, 0.15) is 61.4 Å². The minimum absolute atomic E-state index is 0.00169. The van der Waals surface area contributed by atoms with E-state index in [-0.39, 0.29) is 31.4 Å². The van der Waals surface area contributed by atoms with Gasteiger partial charge in [0.25, 0.3) is 0 Å². The number of aromatic nitrogens is 1. The first-order chi connectivity index (χ1) is 19.1. The van der Waals surface area contributed by atoms with Crippen molar-refractivity contribution in [3.05, 3.63) is 70.7 Å². The zero-order valence-corrected chi connectivity index (χ0v) is 22.6. The number of nitrogens with zero attached hydrogens (tertiary/aromatic N) is 2. The van der Waals surface area contributed by atoms with Gasteiger partial charge in [-0.3, -0.25) is 9.78 Å². The van der Waals surface area contributed by atoms with Gasteiger partial charge >= 0.3 is 5.97 Å². The summed E-state index contributed by atoms with van der Waals surface area (Å²) in [7, 11) is 1.54. The van der Waals surface area contributed by atoms with Crippen LogP contribution in [0.4, 0.5) is 17.6 Å². The van der Waals surface area contributed by atoms with Crippen LogP contribution in [-0.2, 0) is 17.8 Å². The van der Waals surface area contributed by atoms with Crippen molar-refractivity contribution in [1.29, 1.82) is 0 Å². The number of fused-ring (bicyclic) bond motifs is 1. The molecule has 4 rings (SSSR count). The Balaban J connectivity index is 1.41. The van der Waals surface area contributed by atoms with Gasteiger partial charge in [0.2, 0.25) is 0 Å². The van der Waals surface area contributed by atoms with Crippen LogP contribution < -0.4 is 10.5 Å². The van der Waals surface area contributed by atoms with Crippen molar-refractivity contribution < 1.29 is 32.2 Å². The van der Waals surface area contributed by atoms with Crippen LogP contribution in [0.2, 0.25) is 0 Å². The number of pyridine rings is 1. The summed E-state index contributed by atoms with van der Waals surface area (Å²) >= 11 is 0. The number of aryl methyl sites for hydroxylation is 1. The Kier molecular flexibility index (Phi) is 9.63. The number of hydrogen-bond acceptors (Lipinski definition) is 5. The third kappa shape index (κ3) is 6.90. The largest absolute Gasteiger partial charge is 0.497 e. The van der Waals surface area contributed by atoms with E-state index in [0.29, 0.717) is 79.2 Å². The van der Waals surface area contributed by atoms with Crippen molar-refractivity contribution in [3.8, 4) is 5.75 Å². The first kappa shape index (κ1) is 29.7. The number of aliphatic carboxylic acids is 1. The predicted octanol–water partition coefficient (Wildman–Crippen LogP) is 6.10. The van der Waals surface area contributed by atoms with Gasteiger partial charge in [0.1, 0.15) is 17.7 Å². The summed E-state index contributed by atoms with van der Waals surface area (Å²) in [5.74, 6) is -3.38. The van der Waals surface area contributed by atoms with E-state index in [0.717, 1.165) is 6.07 Å². The van der Waals surface area contributed by atoms with Gasteiger partial charge < -0.3 is 20.5 Å². The summed E-state index contributed by atoms with van der Waals surface area (Å²) in [6.07, 6.45) is 2.53. The van der Waals surface area contributed by atoms with Crippen LogP contribution in [0.5, 0.6) is 5.75 Å². The van der Waals surface area contributed by atoms with Crippen molar-refractivity contribution in [1.82, 2.24) is 9.88 Å². The predicted molar refractivity (Wildman–Crippen MR) is 144 cm³/mol. The second-order valence-electron chi connectivity index (χ2n) is 10.7. The third-order valence-electron chi connectivity index (χ3n) is 8.09. The molecule has 6 nitrogen and oxygen atoms in total. The van der Waals surface area contributed by atoms with Gasteiger partial charge in [-0.1, -0.05) is 0 Å². The summed E-state index contributed by atoms with van der Waals surface area (Å²) < 4.78 is 62.2. The molecule has 2 aromatic carbocycles. The molecular formula is C30H35F4N3O3. The standard InChI is InChI=1S/C30H35F4N3O3/c1-40-22-4-5-26-23(15-22)28(20(17-35)18-36-26)24(32)6-7-30(16-27(38)39)8-11-37(12-9-30)10-2-3-19-13-21(31)14-25(33)29(19)34/h4-5,13-15,18,24H,2-3,6-12,16-17,35H2,1H3,(H,38,39). The molecule has 0 aliphatic carbocycles. The highest BCUT2D eigenvalue weighted by Gasteiger charge is 2.37. The molecule has 0 amide bonds. The molecule has 0 bridgehead atoms. The molecular weight excluding hydrogens is 526 g/mol. The summed E-state index contributed by atoms with van der Waals surface area (Å²) in [6, 6.07) is 6.82. The Morgan fingerprint density at radius 3 is 2.60 bits per heavy atom. The average Bonchev–Trinajstić information content (AvgIpc) is 2.94.